The maximum absolute atomic E-state index is 13.0. The molecule has 0 aromatic heterocycles. The first-order chi connectivity index (χ1) is 17.7. The molecule has 36 heavy (non-hydrogen) atoms. The Labute approximate surface area is 228 Å². The quantitative estimate of drug-likeness (QED) is 0.0740. The van der Waals surface area contributed by atoms with E-state index in [0.717, 1.165) is 38.9 Å². The third-order valence-electron chi connectivity index (χ3n) is 7.60. The summed E-state index contributed by atoms with van der Waals surface area (Å²) in [5.41, 5.74) is 0. The zero-order valence-corrected chi connectivity index (χ0v) is 25.6. The molecule has 0 fully saturated rings. The van der Waals surface area contributed by atoms with Gasteiger partial charge in [-0.25, -0.2) is 5.01 Å². The molecular weight excluding hydrogens is 440 g/mol. The lowest BCUT2D eigenvalue weighted by Crippen LogP contribution is -2.47. The van der Waals surface area contributed by atoms with Gasteiger partial charge in [0.05, 0.1) is 0 Å². The fraction of sp³-hybridized carbons (Fsp3) is 0.970. The van der Waals surface area contributed by atoms with Crippen molar-refractivity contribution in [1.29, 1.82) is 0 Å². The number of rotatable bonds is 29. The number of hydrogen-bond acceptors (Lipinski definition) is 2. The van der Waals surface area contributed by atoms with Crippen molar-refractivity contribution in [2.75, 3.05) is 19.6 Å². The molecule has 0 aromatic carbocycles. The van der Waals surface area contributed by atoms with Crippen molar-refractivity contribution in [2.24, 2.45) is 0 Å². The molecule has 3 nitrogen and oxygen atoms in total. The number of amides is 1. The summed E-state index contributed by atoms with van der Waals surface area (Å²) in [5, 5.41) is 4.45. The Balaban J connectivity index is 3.65. The molecule has 0 atom stereocenters. The maximum Gasteiger partial charge on any atom is 0.236 e. The van der Waals surface area contributed by atoms with Gasteiger partial charge in [-0.15, -0.1) is 0 Å². The molecule has 0 saturated carbocycles. The van der Waals surface area contributed by atoms with Gasteiger partial charge >= 0.3 is 0 Å². The summed E-state index contributed by atoms with van der Waals surface area (Å²) in [6, 6.07) is 0. The molecule has 0 spiro atoms. The monoisotopic (exact) mass is 509 g/mol. The minimum atomic E-state index is 0.357. The van der Waals surface area contributed by atoms with Crippen LogP contribution >= 0.6 is 0 Å². The van der Waals surface area contributed by atoms with Crippen molar-refractivity contribution in [2.45, 2.75) is 188 Å². The predicted molar refractivity (Wildman–Crippen MR) is 161 cm³/mol. The molecule has 0 aliphatic heterocycles. The Hall–Kier alpha value is -0.570. The topological polar surface area (TPSA) is 23.6 Å². The van der Waals surface area contributed by atoms with Crippen molar-refractivity contribution in [3.05, 3.63) is 0 Å². The van der Waals surface area contributed by atoms with Crippen molar-refractivity contribution >= 4 is 5.91 Å². The zero-order chi connectivity index (χ0) is 26.5. The lowest BCUT2D eigenvalue weighted by Gasteiger charge is -2.35. The third kappa shape index (κ3) is 22.6. The van der Waals surface area contributed by atoms with Crippen LogP contribution in [-0.4, -0.2) is 35.6 Å². The minimum Gasteiger partial charge on any atom is -0.275 e. The lowest BCUT2D eigenvalue weighted by atomic mass is 10.0. The van der Waals surface area contributed by atoms with E-state index in [9.17, 15) is 4.79 Å². The van der Waals surface area contributed by atoms with E-state index in [1.54, 1.807) is 0 Å². The molecule has 0 saturated heterocycles. The second-order valence-corrected chi connectivity index (χ2v) is 11.3. The van der Waals surface area contributed by atoms with Gasteiger partial charge in [0.25, 0.3) is 0 Å². The van der Waals surface area contributed by atoms with Gasteiger partial charge in [0.15, 0.2) is 0 Å². The molecule has 0 N–H and O–H groups in total. The van der Waals surface area contributed by atoms with Crippen LogP contribution in [0.25, 0.3) is 0 Å². The molecule has 3 heteroatoms. The van der Waals surface area contributed by atoms with Crippen molar-refractivity contribution in [1.82, 2.24) is 10.0 Å². The van der Waals surface area contributed by atoms with Gasteiger partial charge in [-0.2, -0.15) is 0 Å². The van der Waals surface area contributed by atoms with Gasteiger partial charge in [-0.1, -0.05) is 156 Å². The van der Waals surface area contributed by atoms with E-state index >= 15 is 0 Å². The van der Waals surface area contributed by atoms with Gasteiger partial charge in [0.2, 0.25) is 5.91 Å². The number of hydrazine groups is 1. The standard InChI is InChI=1S/C33H68N2O/c1-5-9-12-13-14-15-16-17-18-19-20-21-22-23-24-25-26-27-28-29-33(36)35(30-8-4)34(31-10-6-2)32-11-7-3/h5-32H2,1-4H3. The van der Waals surface area contributed by atoms with Gasteiger partial charge in [-0.3, -0.25) is 9.80 Å². The van der Waals surface area contributed by atoms with Gasteiger partial charge < -0.3 is 0 Å². The molecule has 0 unspecified atom stereocenters. The van der Waals surface area contributed by atoms with E-state index in [4.69, 9.17) is 0 Å². The van der Waals surface area contributed by atoms with Crippen LogP contribution in [-0.2, 0) is 4.79 Å². The van der Waals surface area contributed by atoms with Crippen LogP contribution in [0.4, 0.5) is 0 Å². The summed E-state index contributed by atoms with van der Waals surface area (Å²) >= 11 is 0. The van der Waals surface area contributed by atoms with E-state index in [-0.39, 0.29) is 0 Å². The average molecular weight is 509 g/mol. The highest BCUT2D eigenvalue weighted by molar-refractivity contribution is 5.75. The fourth-order valence-corrected chi connectivity index (χ4v) is 5.15. The summed E-state index contributed by atoms with van der Waals surface area (Å²) < 4.78 is 0. The first-order valence-electron chi connectivity index (χ1n) is 16.8. The number of hydrogen-bond donors (Lipinski definition) is 0. The first kappa shape index (κ1) is 35.4. The minimum absolute atomic E-state index is 0.357. The number of unbranched alkanes of at least 4 members (excludes halogenated alkanes) is 20. The van der Waals surface area contributed by atoms with Crippen molar-refractivity contribution < 1.29 is 4.79 Å². The first-order valence-corrected chi connectivity index (χ1v) is 16.8. The summed E-state index contributed by atoms with van der Waals surface area (Å²) in [6.07, 6.45) is 33.0. The van der Waals surface area contributed by atoms with Crippen LogP contribution in [0, 0.1) is 0 Å². The molecule has 0 bridgehead atoms. The summed E-state index contributed by atoms with van der Waals surface area (Å²) in [5.74, 6) is 0.357. The summed E-state index contributed by atoms with van der Waals surface area (Å²) in [7, 11) is 0. The molecule has 216 valence electrons. The molecular formula is C33H68N2O. The Morgan fingerprint density at radius 1 is 0.389 bits per heavy atom. The highest BCUT2D eigenvalue weighted by Crippen LogP contribution is 2.16. The van der Waals surface area contributed by atoms with Crippen LogP contribution in [0.2, 0.25) is 0 Å². The smallest absolute Gasteiger partial charge is 0.236 e. The van der Waals surface area contributed by atoms with E-state index in [0.29, 0.717) is 5.91 Å². The molecule has 1 amide bonds. The Morgan fingerprint density at radius 2 is 0.722 bits per heavy atom. The largest absolute Gasteiger partial charge is 0.275 e. The second-order valence-electron chi connectivity index (χ2n) is 11.3. The lowest BCUT2D eigenvalue weighted by molar-refractivity contribution is -0.150. The third-order valence-corrected chi connectivity index (χ3v) is 7.60. The number of carbonyl (C=O) groups excluding carboxylic acids is 1. The van der Waals surface area contributed by atoms with Gasteiger partial charge in [0.1, 0.15) is 0 Å². The average Bonchev–Trinajstić information content (AvgIpc) is 2.89. The van der Waals surface area contributed by atoms with E-state index in [1.807, 2.05) is 0 Å². The molecule has 0 aromatic rings. The fourth-order valence-electron chi connectivity index (χ4n) is 5.15. The summed E-state index contributed by atoms with van der Waals surface area (Å²) in [4.78, 5) is 13.0. The maximum atomic E-state index is 13.0. The Bertz CT molecular complexity index is 431. The van der Waals surface area contributed by atoms with Crippen LogP contribution in [0.5, 0.6) is 0 Å². The highest BCUT2D eigenvalue weighted by atomic mass is 16.2. The van der Waals surface area contributed by atoms with Gasteiger partial charge in [-0.05, 0) is 25.7 Å². The van der Waals surface area contributed by atoms with E-state index < -0.39 is 0 Å². The highest BCUT2D eigenvalue weighted by Gasteiger charge is 2.19. The Morgan fingerprint density at radius 3 is 1.06 bits per heavy atom. The normalized spacial score (nSPS) is 11.5. The van der Waals surface area contributed by atoms with Crippen LogP contribution in [0.1, 0.15) is 188 Å². The molecule has 0 rings (SSSR count). The van der Waals surface area contributed by atoms with E-state index in [1.165, 1.54) is 141 Å². The van der Waals surface area contributed by atoms with Crippen LogP contribution in [0.15, 0.2) is 0 Å². The zero-order valence-electron chi connectivity index (χ0n) is 25.6. The molecule has 0 heterocycles. The molecule has 0 radical (unpaired) electrons. The van der Waals surface area contributed by atoms with Crippen LogP contribution < -0.4 is 0 Å². The SMILES string of the molecule is CCCCCCCCCCCCCCCCCCCCCC(=O)N(CCC)N(CCCC)CCCC. The van der Waals surface area contributed by atoms with E-state index in [2.05, 4.69) is 37.7 Å². The molecule has 0 aliphatic carbocycles. The van der Waals surface area contributed by atoms with Gasteiger partial charge in [0, 0.05) is 26.1 Å². The molecule has 0 aliphatic rings. The van der Waals surface area contributed by atoms with Crippen LogP contribution in [0.3, 0.4) is 0 Å². The number of nitrogens with zero attached hydrogens (tertiary/aromatic N) is 2. The van der Waals surface area contributed by atoms with Crippen molar-refractivity contribution in [3.8, 4) is 0 Å². The second kappa shape index (κ2) is 29.0. The van der Waals surface area contributed by atoms with Crippen molar-refractivity contribution in [3.63, 3.8) is 0 Å². The summed E-state index contributed by atoms with van der Waals surface area (Å²) in [6.45, 7) is 11.9. The number of carbonyl (C=O) groups is 1. The predicted octanol–water partition coefficient (Wildman–Crippen LogP) is 10.9. The Kier molecular flexibility index (Phi) is 28.5.